The summed E-state index contributed by atoms with van der Waals surface area (Å²) in [6.45, 7) is 2.12. The largest absolute Gasteiger partial charge is 0.408 e. The van der Waals surface area contributed by atoms with E-state index in [4.69, 9.17) is 21.3 Å². The summed E-state index contributed by atoms with van der Waals surface area (Å²) in [5.74, 6) is 0. The molecular weight excluding hydrogens is 564 g/mol. The third-order valence-electron chi connectivity index (χ3n) is 7.44. The highest BCUT2D eigenvalue weighted by atomic mass is 31.1. The average molecular weight is 594 g/mol. The molecule has 0 fully saturated rings. The van der Waals surface area contributed by atoms with Gasteiger partial charge in [0.25, 0.3) is 0 Å². The summed E-state index contributed by atoms with van der Waals surface area (Å²) in [7, 11) is -1.32. The van der Waals surface area contributed by atoms with Gasteiger partial charge in [-0.15, -0.1) is 0 Å². The van der Waals surface area contributed by atoms with E-state index in [0.29, 0.717) is 0 Å². The summed E-state index contributed by atoms with van der Waals surface area (Å²) in [6.07, 6.45) is -0.414. The number of hydrogen-bond donors (Lipinski definition) is 0. The zero-order chi connectivity index (χ0) is 28.5. The molecule has 7 aromatic rings. The standard InChI is InChI=1S/C34H29NO5P2/c1-24(35(2)41-36-30-20-10-6-16-26(30)27-17-7-11-21-31(27)37-41)34(25-14-4-3-5-15-25)40-42-38-32-22-12-8-18-28(32)29-19-9-13-23-33(29)39-42/h3-24,34H,1-2H3/t24-,34-/m1/s1. The third kappa shape index (κ3) is 5.15. The second-order valence-electron chi connectivity index (χ2n) is 10.1. The first kappa shape index (κ1) is 26.7. The molecule has 0 saturated heterocycles. The summed E-state index contributed by atoms with van der Waals surface area (Å²) >= 11 is 0. The van der Waals surface area contributed by atoms with Crippen molar-refractivity contribution in [1.29, 1.82) is 0 Å². The highest BCUT2D eigenvalue weighted by Gasteiger charge is 2.30. The van der Waals surface area contributed by atoms with Crippen LogP contribution < -0.4 is 9.19 Å². The van der Waals surface area contributed by atoms with Crippen molar-refractivity contribution in [3.8, 4) is 0 Å². The summed E-state index contributed by atoms with van der Waals surface area (Å²) in [5.41, 5.74) is 4.04. The monoisotopic (exact) mass is 593 g/mol. The molecule has 0 aliphatic heterocycles. The first-order valence-corrected chi connectivity index (χ1v) is 16.0. The van der Waals surface area contributed by atoms with Crippen LogP contribution in [0.5, 0.6) is 0 Å². The third-order valence-corrected chi connectivity index (χ3v) is 10.1. The zero-order valence-electron chi connectivity index (χ0n) is 23.2. The van der Waals surface area contributed by atoms with Gasteiger partial charge in [-0.2, -0.15) is 0 Å². The minimum Gasteiger partial charge on any atom is -0.408 e. The van der Waals surface area contributed by atoms with E-state index in [2.05, 4.69) is 35.9 Å². The fourth-order valence-corrected chi connectivity index (χ4v) is 7.74. The van der Waals surface area contributed by atoms with Gasteiger partial charge in [-0.05, 0) is 36.8 Å². The van der Waals surface area contributed by atoms with Crippen LogP contribution in [0.1, 0.15) is 18.6 Å². The second kappa shape index (κ2) is 11.6. The van der Waals surface area contributed by atoms with Crippen molar-refractivity contribution in [2.24, 2.45) is 0 Å². The maximum absolute atomic E-state index is 6.79. The first-order chi connectivity index (χ1) is 20.7. The molecule has 0 spiro atoms. The zero-order valence-corrected chi connectivity index (χ0v) is 25.0. The van der Waals surface area contributed by atoms with Gasteiger partial charge in [0.15, 0.2) is 0 Å². The molecule has 0 N–H and O–H groups in total. The minimum absolute atomic E-state index is 0.181. The lowest BCUT2D eigenvalue weighted by molar-refractivity contribution is 0.231. The van der Waals surface area contributed by atoms with Crippen LogP contribution in [0.4, 0.5) is 0 Å². The Hall–Kier alpha value is -4.18. The molecule has 0 bridgehead atoms. The molecule has 0 aliphatic carbocycles. The Balaban J connectivity index is 1.36. The van der Waals surface area contributed by atoms with Crippen LogP contribution >= 0.6 is 16.4 Å². The number of benzene rings is 5. The first-order valence-electron chi connectivity index (χ1n) is 13.8. The molecule has 2 heterocycles. The lowest BCUT2D eigenvalue weighted by Gasteiger charge is -2.28. The van der Waals surface area contributed by atoms with Crippen LogP contribution in [0.25, 0.3) is 43.9 Å². The Morgan fingerprint density at radius 1 is 0.524 bits per heavy atom. The number of rotatable bonds is 6. The van der Waals surface area contributed by atoms with Crippen LogP contribution in [0.2, 0.25) is 0 Å². The fraction of sp³-hybridized carbons (Fsp3) is 0.118. The number of hydrogen-bond acceptors (Lipinski definition) is 6. The van der Waals surface area contributed by atoms with Crippen LogP contribution in [-0.4, -0.2) is 13.1 Å². The fourth-order valence-electron chi connectivity index (χ4n) is 5.12. The van der Waals surface area contributed by atoms with Crippen molar-refractivity contribution in [2.75, 3.05) is 11.7 Å². The van der Waals surface area contributed by atoms with Gasteiger partial charge in [-0.1, -0.05) is 103 Å². The summed E-state index contributed by atoms with van der Waals surface area (Å²) in [5, 5.41) is 3.97. The predicted molar refractivity (Wildman–Crippen MR) is 172 cm³/mol. The van der Waals surface area contributed by atoms with Gasteiger partial charge < -0.3 is 16.8 Å². The van der Waals surface area contributed by atoms with Crippen LogP contribution in [0.3, 0.4) is 0 Å². The lowest BCUT2D eigenvalue weighted by Crippen LogP contribution is -2.34. The van der Waals surface area contributed by atoms with E-state index >= 15 is 0 Å². The van der Waals surface area contributed by atoms with Gasteiger partial charge in [0.2, 0.25) is 0 Å². The van der Waals surface area contributed by atoms with Crippen LogP contribution in [-0.2, 0) is 0 Å². The van der Waals surface area contributed by atoms with E-state index in [1.807, 2.05) is 110 Å². The summed E-state index contributed by atoms with van der Waals surface area (Å²) in [6, 6.07) is 42.0. The van der Waals surface area contributed by atoms with Crippen molar-refractivity contribution in [3.63, 3.8) is 0 Å². The van der Waals surface area contributed by atoms with Crippen LogP contribution in [0.15, 0.2) is 144 Å². The topological polar surface area (TPSA) is 65.0 Å². The van der Waals surface area contributed by atoms with Crippen molar-refractivity contribution >= 4 is 60.3 Å². The van der Waals surface area contributed by atoms with Gasteiger partial charge in [0.1, 0.15) is 28.4 Å². The molecule has 6 nitrogen and oxygen atoms in total. The Bertz CT molecular complexity index is 1970. The molecule has 210 valence electrons. The molecule has 0 aliphatic rings. The van der Waals surface area contributed by atoms with E-state index < -0.39 is 22.5 Å². The SMILES string of the molecule is C[C@H]([C@@H](Op1oc2ccccc2c2ccccc2o1)c1ccccc1)N(C)p1oc2ccccc2c2ccccc2o1. The Labute approximate surface area is 245 Å². The van der Waals surface area contributed by atoms with E-state index in [9.17, 15) is 0 Å². The van der Waals surface area contributed by atoms with Crippen molar-refractivity contribution < 1.29 is 21.3 Å². The predicted octanol–water partition coefficient (Wildman–Crippen LogP) is 10.7. The van der Waals surface area contributed by atoms with E-state index in [0.717, 1.165) is 49.4 Å². The quantitative estimate of drug-likeness (QED) is 0.191. The smallest absolute Gasteiger partial charge is 0.388 e. The molecule has 7 rings (SSSR count). The lowest BCUT2D eigenvalue weighted by atomic mass is 10.0. The van der Waals surface area contributed by atoms with Crippen molar-refractivity contribution in [1.82, 2.24) is 0 Å². The van der Waals surface area contributed by atoms with Gasteiger partial charge in [-0.3, -0.25) is 4.52 Å². The maximum atomic E-state index is 6.79. The van der Waals surface area contributed by atoms with E-state index in [1.165, 1.54) is 0 Å². The molecule has 5 aromatic carbocycles. The summed E-state index contributed by atoms with van der Waals surface area (Å²) in [4.78, 5) is 0. The summed E-state index contributed by atoms with van der Waals surface area (Å²) < 4.78 is 34.9. The van der Waals surface area contributed by atoms with E-state index in [1.54, 1.807) is 0 Å². The number of likely N-dealkylation sites (N-methyl/N-ethyl adjacent to an activating group) is 1. The minimum atomic E-state index is -1.80. The molecule has 2 atom stereocenters. The number of fused-ring (bicyclic) bond motifs is 6. The maximum Gasteiger partial charge on any atom is 0.388 e. The number of nitrogens with zero attached hydrogens (tertiary/aromatic N) is 1. The molecule has 0 amide bonds. The highest BCUT2D eigenvalue weighted by Crippen LogP contribution is 2.42. The van der Waals surface area contributed by atoms with Crippen molar-refractivity contribution in [3.05, 3.63) is 133 Å². The molecule has 8 heteroatoms. The number of para-hydroxylation sites is 4. The normalized spacial score (nSPS) is 13.1. The molecule has 0 radical (unpaired) electrons. The Morgan fingerprint density at radius 3 is 1.36 bits per heavy atom. The van der Waals surface area contributed by atoms with E-state index in [-0.39, 0.29) is 6.04 Å². The Morgan fingerprint density at radius 2 is 0.905 bits per heavy atom. The molecule has 42 heavy (non-hydrogen) atoms. The second-order valence-corrected chi connectivity index (χ2v) is 12.6. The van der Waals surface area contributed by atoms with Gasteiger partial charge in [0, 0.05) is 28.6 Å². The molecular formula is C34H29NO5P2. The molecule has 0 unspecified atom stereocenters. The molecule has 0 saturated carbocycles. The van der Waals surface area contributed by atoms with Gasteiger partial charge in [-0.25, -0.2) is 4.67 Å². The van der Waals surface area contributed by atoms with Gasteiger partial charge >= 0.3 is 16.4 Å². The van der Waals surface area contributed by atoms with Gasteiger partial charge in [0.05, 0.1) is 6.04 Å². The van der Waals surface area contributed by atoms with Crippen LogP contribution in [0, 0.1) is 0 Å². The average Bonchev–Trinajstić information content (AvgIpc) is 3.31. The van der Waals surface area contributed by atoms with Crippen molar-refractivity contribution in [2.45, 2.75) is 19.1 Å². The molecule has 2 aromatic heterocycles. The highest BCUT2D eigenvalue weighted by molar-refractivity contribution is 7.39. The Kier molecular flexibility index (Phi) is 7.37.